The summed E-state index contributed by atoms with van der Waals surface area (Å²) in [5.74, 6) is -0.488. The Balaban J connectivity index is 3.20. The maximum atomic E-state index is 11.1. The fourth-order valence-corrected chi connectivity index (χ4v) is 0.935. The summed E-state index contributed by atoms with van der Waals surface area (Å²) in [4.78, 5) is 11.1. The number of anilines is 1. The van der Waals surface area contributed by atoms with E-state index >= 15 is 0 Å². The van der Waals surface area contributed by atoms with E-state index < -0.39 is 5.97 Å². The van der Waals surface area contributed by atoms with Gasteiger partial charge in [0, 0.05) is 5.69 Å². The Morgan fingerprint density at radius 3 is 2.23 bits per heavy atom. The van der Waals surface area contributed by atoms with Crippen LogP contribution in [0.5, 0.6) is 0 Å². The molecule has 3 nitrogen and oxygen atoms in total. The van der Waals surface area contributed by atoms with E-state index in [1.54, 1.807) is 0 Å². The fraction of sp³-hybridized carbons (Fsp3) is 0.125. The number of carbonyl (C=O) groups excluding carboxylic acids is 1. The van der Waals surface area contributed by atoms with Gasteiger partial charge in [0.15, 0.2) is 0 Å². The van der Waals surface area contributed by atoms with Crippen LogP contribution in [0.15, 0.2) is 12.1 Å². The highest BCUT2D eigenvalue weighted by Gasteiger charge is 2.07. The van der Waals surface area contributed by atoms with Crippen LogP contribution in [0.25, 0.3) is 0 Å². The molecule has 4 radical (unpaired) electrons. The zero-order valence-electron chi connectivity index (χ0n) is 7.20. The molecular formula is C8H7B2NO2. The van der Waals surface area contributed by atoms with E-state index in [4.69, 9.17) is 21.4 Å². The molecule has 0 aliphatic rings. The van der Waals surface area contributed by atoms with Crippen molar-refractivity contribution in [3.05, 3.63) is 17.7 Å². The number of hydrogen-bond donors (Lipinski definition) is 1. The van der Waals surface area contributed by atoms with Crippen molar-refractivity contribution in [3.63, 3.8) is 0 Å². The molecule has 2 N–H and O–H groups in total. The molecule has 0 spiro atoms. The Labute approximate surface area is 79.1 Å². The SMILES string of the molecule is [B]c1cc(C(=O)OC)cc([B])c1N. The number of nitrogen functional groups attached to an aromatic ring is 1. The quantitative estimate of drug-likeness (QED) is 0.322. The van der Waals surface area contributed by atoms with Gasteiger partial charge in [-0.25, -0.2) is 4.79 Å². The highest BCUT2D eigenvalue weighted by Crippen LogP contribution is 2.00. The Hall–Kier alpha value is -1.38. The van der Waals surface area contributed by atoms with Crippen molar-refractivity contribution in [1.29, 1.82) is 0 Å². The first-order chi connectivity index (χ1) is 6.06. The molecule has 1 aromatic carbocycles. The minimum atomic E-state index is -0.488. The van der Waals surface area contributed by atoms with Gasteiger partial charge in [0.1, 0.15) is 15.7 Å². The molecule has 0 saturated carbocycles. The summed E-state index contributed by atoms with van der Waals surface area (Å²) < 4.78 is 4.50. The van der Waals surface area contributed by atoms with E-state index in [-0.39, 0.29) is 16.6 Å². The van der Waals surface area contributed by atoms with E-state index in [1.807, 2.05) is 0 Å². The van der Waals surface area contributed by atoms with Crippen LogP contribution in [0, 0.1) is 0 Å². The summed E-state index contributed by atoms with van der Waals surface area (Å²) in [5.41, 5.74) is 6.63. The predicted octanol–water partition coefficient (Wildman–Crippen LogP) is -1.36. The molecule has 1 aromatic rings. The van der Waals surface area contributed by atoms with Crippen LogP contribution in [0.1, 0.15) is 10.4 Å². The highest BCUT2D eigenvalue weighted by atomic mass is 16.5. The van der Waals surface area contributed by atoms with Gasteiger partial charge in [-0.1, -0.05) is 23.1 Å². The number of esters is 1. The minimum absolute atomic E-state index is 0.278. The van der Waals surface area contributed by atoms with Crippen LogP contribution in [-0.2, 0) is 4.74 Å². The van der Waals surface area contributed by atoms with Gasteiger partial charge in [0.2, 0.25) is 0 Å². The van der Waals surface area contributed by atoms with E-state index in [1.165, 1.54) is 19.2 Å². The maximum absolute atomic E-state index is 11.1. The zero-order valence-corrected chi connectivity index (χ0v) is 7.20. The number of rotatable bonds is 1. The first-order valence-electron chi connectivity index (χ1n) is 3.59. The van der Waals surface area contributed by atoms with Crippen LogP contribution in [0.2, 0.25) is 0 Å². The van der Waals surface area contributed by atoms with Crippen LogP contribution >= 0.6 is 0 Å². The molecular weight excluding hydrogens is 164 g/mol. The van der Waals surface area contributed by atoms with E-state index in [9.17, 15) is 4.79 Å². The molecule has 0 saturated heterocycles. The second-order valence-electron chi connectivity index (χ2n) is 2.56. The number of methoxy groups -OCH3 is 1. The Morgan fingerprint density at radius 2 is 1.85 bits per heavy atom. The van der Waals surface area contributed by atoms with Gasteiger partial charge in [-0.2, -0.15) is 0 Å². The highest BCUT2D eigenvalue weighted by molar-refractivity contribution is 6.44. The van der Waals surface area contributed by atoms with Gasteiger partial charge in [-0.05, 0) is 0 Å². The molecule has 0 bridgehead atoms. The fourth-order valence-electron chi connectivity index (χ4n) is 0.935. The second-order valence-corrected chi connectivity index (χ2v) is 2.56. The summed E-state index contributed by atoms with van der Waals surface area (Å²) in [5, 5.41) is 0. The second kappa shape index (κ2) is 3.56. The molecule has 13 heavy (non-hydrogen) atoms. The summed E-state index contributed by atoms with van der Waals surface area (Å²) in [6, 6.07) is 2.86. The standard InChI is InChI=1S/C8H7B2NO2/c1-13-8(12)4-2-5(9)7(11)6(10)3-4/h2-3H,11H2,1H3. The first-order valence-corrected chi connectivity index (χ1v) is 3.59. The molecule has 0 atom stereocenters. The number of ether oxygens (including phenoxy) is 1. The normalized spacial score (nSPS) is 9.62. The Morgan fingerprint density at radius 1 is 1.38 bits per heavy atom. The van der Waals surface area contributed by atoms with Crippen molar-refractivity contribution in [3.8, 4) is 0 Å². The van der Waals surface area contributed by atoms with Crippen LogP contribution in [0.3, 0.4) is 0 Å². The lowest BCUT2D eigenvalue weighted by Gasteiger charge is -2.07. The van der Waals surface area contributed by atoms with Crippen LogP contribution < -0.4 is 16.7 Å². The topological polar surface area (TPSA) is 52.3 Å². The molecule has 62 valence electrons. The number of benzene rings is 1. The molecule has 0 fully saturated rings. The summed E-state index contributed by atoms with van der Waals surface area (Å²) in [6.07, 6.45) is 0. The molecule has 5 heteroatoms. The van der Waals surface area contributed by atoms with Crippen molar-refractivity contribution >= 4 is 38.3 Å². The zero-order chi connectivity index (χ0) is 10.0. The maximum Gasteiger partial charge on any atom is 0.337 e. The molecule has 0 heterocycles. The molecule has 1 rings (SSSR count). The van der Waals surface area contributed by atoms with Crippen LogP contribution in [0.4, 0.5) is 5.69 Å². The van der Waals surface area contributed by atoms with E-state index in [2.05, 4.69) is 4.74 Å². The molecule has 0 aliphatic carbocycles. The largest absolute Gasteiger partial charge is 0.465 e. The monoisotopic (exact) mass is 171 g/mol. The van der Waals surface area contributed by atoms with Crippen molar-refractivity contribution < 1.29 is 9.53 Å². The molecule has 0 unspecified atom stereocenters. The van der Waals surface area contributed by atoms with Gasteiger partial charge in [-0.15, -0.1) is 0 Å². The third kappa shape index (κ3) is 1.86. The van der Waals surface area contributed by atoms with E-state index in [0.29, 0.717) is 5.56 Å². The Bertz CT molecular complexity index is 329. The third-order valence-corrected chi connectivity index (χ3v) is 1.67. The lowest BCUT2D eigenvalue weighted by Crippen LogP contribution is -2.24. The number of nitrogens with two attached hydrogens (primary N) is 1. The van der Waals surface area contributed by atoms with Crippen molar-refractivity contribution in [2.45, 2.75) is 0 Å². The lowest BCUT2D eigenvalue weighted by atomic mass is 9.83. The average Bonchev–Trinajstić information content (AvgIpc) is 2.12. The van der Waals surface area contributed by atoms with Crippen molar-refractivity contribution in [2.75, 3.05) is 12.8 Å². The number of hydrogen-bond acceptors (Lipinski definition) is 3. The lowest BCUT2D eigenvalue weighted by molar-refractivity contribution is 0.0601. The third-order valence-electron chi connectivity index (χ3n) is 1.67. The first kappa shape index (κ1) is 9.71. The average molecular weight is 171 g/mol. The van der Waals surface area contributed by atoms with Crippen molar-refractivity contribution in [1.82, 2.24) is 0 Å². The molecule has 0 aliphatic heterocycles. The van der Waals surface area contributed by atoms with E-state index in [0.717, 1.165) is 0 Å². The number of carbonyl (C=O) groups is 1. The van der Waals surface area contributed by atoms with Gasteiger partial charge < -0.3 is 10.5 Å². The van der Waals surface area contributed by atoms with Gasteiger partial charge in [-0.3, -0.25) is 0 Å². The molecule has 0 aromatic heterocycles. The summed E-state index contributed by atoms with van der Waals surface area (Å²) in [7, 11) is 12.3. The summed E-state index contributed by atoms with van der Waals surface area (Å²) >= 11 is 0. The van der Waals surface area contributed by atoms with Crippen molar-refractivity contribution in [2.24, 2.45) is 0 Å². The van der Waals surface area contributed by atoms with Gasteiger partial charge in [0.05, 0.1) is 12.7 Å². The minimum Gasteiger partial charge on any atom is -0.465 e. The Kier molecular flexibility index (Phi) is 2.66. The predicted molar refractivity (Wildman–Crippen MR) is 53.0 cm³/mol. The smallest absolute Gasteiger partial charge is 0.337 e. The van der Waals surface area contributed by atoms with Gasteiger partial charge in [0.25, 0.3) is 0 Å². The van der Waals surface area contributed by atoms with Crippen LogP contribution in [-0.4, -0.2) is 28.8 Å². The summed E-state index contributed by atoms with van der Waals surface area (Å²) in [6.45, 7) is 0. The molecule has 0 amide bonds. The van der Waals surface area contributed by atoms with Gasteiger partial charge >= 0.3 is 5.97 Å².